The number of benzene rings is 1. The van der Waals surface area contributed by atoms with Crippen LogP contribution >= 0.6 is 0 Å². The van der Waals surface area contributed by atoms with Gasteiger partial charge in [-0.1, -0.05) is 0 Å². The van der Waals surface area contributed by atoms with Gasteiger partial charge in [-0.25, -0.2) is 4.39 Å². The van der Waals surface area contributed by atoms with Gasteiger partial charge < -0.3 is 10.4 Å². The van der Waals surface area contributed by atoms with Crippen molar-refractivity contribution in [3.05, 3.63) is 29.6 Å². The maximum atomic E-state index is 12.9. The molecule has 1 aromatic carbocycles. The first-order valence-corrected chi connectivity index (χ1v) is 5.09. The van der Waals surface area contributed by atoms with Gasteiger partial charge in [0.2, 0.25) is 0 Å². The van der Waals surface area contributed by atoms with Gasteiger partial charge in [-0.15, -0.1) is 0 Å². The van der Waals surface area contributed by atoms with Gasteiger partial charge in [0.1, 0.15) is 5.82 Å². The number of hydrogen-bond donors (Lipinski definition) is 2. The summed E-state index contributed by atoms with van der Waals surface area (Å²) in [5, 5.41) is 11.7. The number of rotatable bonds is 4. The molecule has 0 saturated carbocycles. The van der Waals surface area contributed by atoms with Crippen molar-refractivity contribution in [2.45, 2.75) is 25.6 Å². The number of aliphatic hydroxyl groups is 1. The smallest absolute Gasteiger partial charge is 0.393 e. The Morgan fingerprint density at radius 1 is 1.35 bits per heavy atom. The van der Waals surface area contributed by atoms with Crippen molar-refractivity contribution in [2.75, 3.05) is 11.9 Å². The Labute approximate surface area is 96.3 Å². The van der Waals surface area contributed by atoms with Gasteiger partial charge in [-0.3, -0.25) is 0 Å². The molecule has 17 heavy (non-hydrogen) atoms. The number of nitrogens with one attached hydrogen (secondary N) is 1. The van der Waals surface area contributed by atoms with E-state index in [-0.39, 0.29) is 5.69 Å². The summed E-state index contributed by atoms with van der Waals surface area (Å²) in [6.07, 6.45) is -4.84. The maximum absolute atomic E-state index is 12.9. The van der Waals surface area contributed by atoms with Crippen LogP contribution in [0.2, 0.25) is 0 Å². The van der Waals surface area contributed by atoms with Crippen LogP contribution in [0.3, 0.4) is 0 Å². The Balaban J connectivity index is 2.76. The van der Waals surface area contributed by atoms with E-state index in [1.54, 1.807) is 6.92 Å². The molecule has 0 amide bonds. The summed E-state index contributed by atoms with van der Waals surface area (Å²) in [6, 6.07) is 2.72. The summed E-state index contributed by atoms with van der Waals surface area (Å²) in [5.41, 5.74) is -1.11. The highest BCUT2D eigenvalue weighted by atomic mass is 19.4. The minimum absolute atomic E-state index is 0.180. The summed E-state index contributed by atoms with van der Waals surface area (Å²) in [7, 11) is 0. The molecule has 0 heterocycles. The SMILES string of the molecule is CC(O)CCNc1ccc(F)c(C(F)(F)F)c1. The van der Waals surface area contributed by atoms with Crippen molar-refractivity contribution in [2.24, 2.45) is 0 Å². The molecular weight excluding hydrogens is 238 g/mol. The van der Waals surface area contributed by atoms with Crippen LogP contribution in [0.4, 0.5) is 23.2 Å². The van der Waals surface area contributed by atoms with Crippen LogP contribution in [0.15, 0.2) is 18.2 Å². The van der Waals surface area contributed by atoms with E-state index in [1.165, 1.54) is 6.07 Å². The quantitative estimate of drug-likeness (QED) is 0.806. The fourth-order valence-electron chi connectivity index (χ4n) is 1.28. The van der Waals surface area contributed by atoms with Gasteiger partial charge in [0.15, 0.2) is 0 Å². The molecule has 0 saturated heterocycles. The van der Waals surface area contributed by atoms with Gasteiger partial charge in [0, 0.05) is 12.2 Å². The molecule has 0 aliphatic carbocycles. The molecule has 0 fully saturated rings. The van der Waals surface area contributed by atoms with E-state index in [1.807, 2.05) is 0 Å². The van der Waals surface area contributed by atoms with Crippen molar-refractivity contribution >= 4 is 5.69 Å². The van der Waals surface area contributed by atoms with Crippen molar-refractivity contribution in [3.8, 4) is 0 Å². The molecule has 1 rings (SSSR count). The van der Waals surface area contributed by atoms with E-state index in [9.17, 15) is 17.6 Å². The van der Waals surface area contributed by atoms with Crippen molar-refractivity contribution in [3.63, 3.8) is 0 Å². The van der Waals surface area contributed by atoms with E-state index in [0.29, 0.717) is 13.0 Å². The van der Waals surface area contributed by atoms with Crippen LogP contribution in [0, 0.1) is 5.82 Å². The van der Waals surface area contributed by atoms with E-state index in [2.05, 4.69) is 5.32 Å². The van der Waals surface area contributed by atoms with Gasteiger partial charge in [0.05, 0.1) is 11.7 Å². The van der Waals surface area contributed by atoms with Crippen LogP contribution in [-0.4, -0.2) is 17.8 Å². The molecule has 0 radical (unpaired) electrons. The summed E-state index contributed by atoms with van der Waals surface area (Å²) >= 11 is 0. The van der Waals surface area contributed by atoms with E-state index < -0.39 is 23.7 Å². The topological polar surface area (TPSA) is 32.3 Å². The predicted molar refractivity (Wildman–Crippen MR) is 56.2 cm³/mol. The summed E-state index contributed by atoms with van der Waals surface area (Å²) in [4.78, 5) is 0. The molecule has 0 aromatic heterocycles. The number of aliphatic hydroxyl groups excluding tert-OH is 1. The van der Waals surface area contributed by atoms with Gasteiger partial charge in [-0.2, -0.15) is 13.2 Å². The van der Waals surface area contributed by atoms with Crippen molar-refractivity contribution < 1.29 is 22.7 Å². The minimum Gasteiger partial charge on any atom is -0.393 e. The average molecular weight is 251 g/mol. The largest absolute Gasteiger partial charge is 0.419 e. The standard InChI is InChI=1S/C11H13F4NO/c1-7(17)4-5-16-8-2-3-10(12)9(6-8)11(13,14)15/h2-3,6-7,16-17H,4-5H2,1H3. The maximum Gasteiger partial charge on any atom is 0.419 e. The zero-order valence-corrected chi connectivity index (χ0v) is 9.18. The van der Waals surface area contributed by atoms with Crippen LogP contribution in [0.1, 0.15) is 18.9 Å². The zero-order valence-electron chi connectivity index (χ0n) is 9.18. The monoisotopic (exact) mass is 251 g/mol. The van der Waals surface area contributed by atoms with Crippen LogP contribution in [-0.2, 0) is 6.18 Å². The molecule has 0 bridgehead atoms. The molecular formula is C11H13F4NO. The third kappa shape index (κ3) is 4.22. The lowest BCUT2D eigenvalue weighted by Crippen LogP contribution is -2.12. The second-order valence-electron chi connectivity index (χ2n) is 3.76. The minimum atomic E-state index is -4.70. The number of anilines is 1. The first-order chi connectivity index (χ1) is 7.80. The molecule has 6 heteroatoms. The highest BCUT2D eigenvalue weighted by Crippen LogP contribution is 2.32. The second kappa shape index (κ2) is 5.35. The zero-order chi connectivity index (χ0) is 13.1. The lowest BCUT2D eigenvalue weighted by atomic mass is 10.1. The third-order valence-electron chi connectivity index (χ3n) is 2.16. The Hall–Kier alpha value is -1.30. The molecule has 0 aliphatic heterocycles. The summed E-state index contributed by atoms with van der Waals surface area (Å²) < 4.78 is 50.0. The summed E-state index contributed by atoms with van der Waals surface area (Å²) in [5.74, 6) is -1.29. The first kappa shape index (κ1) is 13.8. The molecule has 2 N–H and O–H groups in total. The Bertz CT molecular complexity index is 376. The van der Waals surface area contributed by atoms with Crippen LogP contribution in [0.25, 0.3) is 0 Å². The fraction of sp³-hybridized carbons (Fsp3) is 0.455. The van der Waals surface area contributed by atoms with Gasteiger partial charge in [0.25, 0.3) is 0 Å². The van der Waals surface area contributed by atoms with Crippen molar-refractivity contribution in [1.29, 1.82) is 0 Å². The van der Waals surface area contributed by atoms with E-state index in [4.69, 9.17) is 5.11 Å². The molecule has 2 nitrogen and oxygen atoms in total. The fourth-order valence-corrected chi connectivity index (χ4v) is 1.28. The first-order valence-electron chi connectivity index (χ1n) is 5.09. The molecule has 96 valence electrons. The Morgan fingerprint density at radius 2 is 2.00 bits per heavy atom. The molecule has 0 spiro atoms. The highest BCUT2D eigenvalue weighted by Gasteiger charge is 2.34. The lowest BCUT2D eigenvalue weighted by Gasteiger charge is -2.12. The summed E-state index contributed by atoms with van der Waals surface area (Å²) in [6.45, 7) is 1.90. The second-order valence-corrected chi connectivity index (χ2v) is 3.76. The lowest BCUT2D eigenvalue weighted by molar-refractivity contribution is -0.139. The Kier molecular flexibility index (Phi) is 4.34. The Morgan fingerprint density at radius 3 is 2.53 bits per heavy atom. The third-order valence-corrected chi connectivity index (χ3v) is 2.16. The van der Waals surface area contributed by atoms with E-state index >= 15 is 0 Å². The van der Waals surface area contributed by atoms with Gasteiger partial charge in [-0.05, 0) is 31.5 Å². The predicted octanol–water partition coefficient (Wildman–Crippen LogP) is 3.03. The van der Waals surface area contributed by atoms with Crippen molar-refractivity contribution in [1.82, 2.24) is 0 Å². The average Bonchev–Trinajstić information content (AvgIpc) is 2.18. The van der Waals surface area contributed by atoms with Gasteiger partial charge >= 0.3 is 6.18 Å². The molecule has 1 aromatic rings. The highest BCUT2D eigenvalue weighted by molar-refractivity contribution is 5.47. The normalized spacial score (nSPS) is 13.5. The molecule has 0 aliphatic rings. The number of hydrogen-bond acceptors (Lipinski definition) is 2. The molecule has 1 atom stereocenters. The van der Waals surface area contributed by atoms with Crippen LogP contribution < -0.4 is 5.32 Å². The van der Waals surface area contributed by atoms with E-state index in [0.717, 1.165) is 12.1 Å². The number of halogens is 4. The molecule has 1 unspecified atom stereocenters. The number of alkyl halides is 3. The van der Waals surface area contributed by atoms with Crippen LogP contribution in [0.5, 0.6) is 0 Å².